The maximum Gasteiger partial charge on any atom is 0.261 e. The lowest BCUT2D eigenvalue weighted by Crippen LogP contribution is -2.67. The number of ether oxygens (including phenoxy) is 4. The molecule has 0 N–H and O–H groups in total. The molecule has 0 aromatic heterocycles. The zero-order valence-corrected chi connectivity index (χ0v) is 37.3. The summed E-state index contributed by atoms with van der Waals surface area (Å²) < 4.78 is 41.9. The molecule has 2 unspecified atom stereocenters. The van der Waals surface area contributed by atoms with Crippen molar-refractivity contribution in [3.05, 3.63) is 91.0 Å². The van der Waals surface area contributed by atoms with Crippen LogP contribution in [0, 0.1) is 0 Å². The molecular formula is C43H62O6S2Si2. The topological polar surface area (TPSA) is 55.4 Å². The molecule has 3 saturated heterocycles. The van der Waals surface area contributed by atoms with Crippen LogP contribution in [0.25, 0.3) is 0 Å². The zero-order valence-electron chi connectivity index (χ0n) is 33.7. The van der Waals surface area contributed by atoms with Gasteiger partial charge in [-0.15, -0.1) is 11.8 Å². The van der Waals surface area contributed by atoms with E-state index in [0.29, 0.717) is 6.61 Å². The van der Waals surface area contributed by atoms with E-state index in [1.54, 1.807) is 11.8 Å². The van der Waals surface area contributed by atoms with E-state index in [2.05, 4.69) is 153 Å². The van der Waals surface area contributed by atoms with Crippen LogP contribution in [-0.4, -0.2) is 75.7 Å². The highest BCUT2D eigenvalue weighted by Crippen LogP contribution is 2.47. The smallest absolute Gasteiger partial charge is 0.261 e. The number of hydrogen-bond donors (Lipinski definition) is 0. The molecule has 8 atom stereocenters. The van der Waals surface area contributed by atoms with E-state index < -0.39 is 22.4 Å². The quantitative estimate of drug-likeness (QED) is 0.178. The molecule has 290 valence electrons. The van der Waals surface area contributed by atoms with E-state index in [4.69, 9.17) is 27.8 Å². The van der Waals surface area contributed by atoms with Gasteiger partial charge in [0.2, 0.25) is 0 Å². The molecule has 0 spiro atoms. The van der Waals surface area contributed by atoms with Crippen molar-refractivity contribution in [1.29, 1.82) is 0 Å². The molecular weight excluding hydrogens is 733 g/mol. The summed E-state index contributed by atoms with van der Waals surface area (Å²) in [7, 11) is -4.91. The lowest BCUT2D eigenvalue weighted by atomic mass is 10.0. The second-order valence-corrected chi connectivity index (χ2v) is 29.5. The minimum absolute atomic E-state index is 0.00985. The third kappa shape index (κ3) is 9.24. The first-order valence-corrected chi connectivity index (χ1v) is 26.0. The van der Waals surface area contributed by atoms with Gasteiger partial charge in [-0.3, -0.25) is 0 Å². The second-order valence-electron chi connectivity index (χ2n) is 17.9. The van der Waals surface area contributed by atoms with Gasteiger partial charge in [-0.2, -0.15) is 0 Å². The van der Waals surface area contributed by atoms with Crippen molar-refractivity contribution in [3.8, 4) is 0 Å². The summed E-state index contributed by atoms with van der Waals surface area (Å²) in [5.41, 5.74) is -0.128. The summed E-state index contributed by atoms with van der Waals surface area (Å²) in [4.78, 5) is 1.22. The fourth-order valence-corrected chi connectivity index (χ4v) is 16.5. The van der Waals surface area contributed by atoms with Crippen molar-refractivity contribution in [1.82, 2.24) is 0 Å². The first-order chi connectivity index (χ1) is 24.9. The van der Waals surface area contributed by atoms with Gasteiger partial charge in [-0.25, -0.2) is 0 Å². The number of fused-ring (bicyclic) bond motifs is 1. The van der Waals surface area contributed by atoms with Gasteiger partial charge in [0, 0.05) is 17.7 Å². The predicted octanol–water partition coefficient (Wildman–Crippen LogP) is 9.62. The molecule has 3 heterocycles. The highest BCUT2D eigenvalue weighted by Gasteiger charge is 2.55. The summed E-state index contributed by atoms with van der Waals surface area (Å²) in [5, 5.41) is 2.53. The van der Waals surface area contributed by atoms with Crippen LogP contribution in [0.3, 0.4) is 0 Å². The molecule has 0 saturated carbocycles. The summed E-state index contributed by atoms with van der Waals surface area (Å²) in [6.45, 7) is 25.3. The summed E-state index contributed by atoms with van der Waals surface area (Å²) in [6, 6.07) is 32.2. The van der Waals surface area contributed by atoms with E-state index in [9.17, 15) is 0 Å². The highest BCUT2D eigenvalue weighted by atomic mass is 32.2. The van der Waals surface area contributed by atoms with Crippen molar-refractivity contribution in [2.24, 2.45) is 0 Å². The van der Waals surface area contributed by atoms with Crippen molar-refractivity contribution in [3.63, 3.8) is 0 Å². The third-order valence-corrected chi connectivity index (χ3v) is 23.6. The Morgan fingerprint density at radius 1 is 0.736 bits per heavy atom. The minimum Gasteiger partial charge on any atom is -0.413 e. The first kappa shape index (κ1) is 41.2. The van der Waals surface area contributed by atoms with Crippen molar-refractivity contribution in [2.75, 3.05) is 6.61 Å². The molecule has 3 aliphatic rings. The Morgan fingerprint density at radius 3 is 1.85 bits per heavy atom. The SMILES string of the molecule is CC1O[C@H](Sc2ccccc2)C[C@@H](O[Si](C)(C)C(C)(C)C)[C@@H]1S[C@@H]1C[C@H]2OC(C)(C)O[C@H]2C(CO[Si](c2ccccc2)(c2ccccc2)C(C)(C)C)O1. The van der Waals surface area contributed by atoms with Gasteiger partial charge in [0.05, 0.1) is 30.2 Å². The van der Waals surface area contributed by atoms with Crippen LogP contribution in [0.1, 0.15) is 75.2 Å². The summed E-state index contributed by atoms with van der Waals surface area (Å²) in [6.07, 6.45) is 0.893. The molecule has 3 aliphatic heterocycles. The van der Waals surface area contributed by atoms with Crippen LogP contribution in [0.2, 0.25) is 23.2 Å². The molecule has 3 aromatic carbocycles. The van der Waals surface area contributed by atoms with Crippen LogP contribution in [0.5, 0.6) is 0 Å². The van der Waals surface area contributed by atoms with Crippen molar-refractivity contribution < 1.29 is 27.8 Å². The van der Waals surface area contributed by atoms with Crippen LogP contribution in [-0.2, 0) is 27.8 Å². The minimum atomic E-state index is -2.81. The molecule has 6 nitrogen and oxygen atoms in total. The highest BCUT2D eigenvalue weighted by molar-refractivity contribution is 8.00. The van der Waals surface area contributed by atoms with E-state index >= 15 is 0 Å². The van der Waals surface area contributed by atoms with E-state index in [0.717, 1.165) is 12.8 Å². The Labute approximate surface area is 330 Å². The van der Waals surface area contributed by atoms with E-state index in [1.165, 1.54) is 15.3 Å². The molecule has 0 amide bonds. The molecule has 6 rings (SSSR count). The van der Waals surface area contributed by atoms with Crippen molar-refractivity contribution >= 4 is 50.5 Å². The largest absolute Gasteiger partial charge is 0.413 e. The molecule has 0 aliphatic carbocycles. The maximum atomic E-state index is 7.46. The fourth-order valence-electron chi connectivity index (χ4n) is 7.84. The third-order valence-electron chi connectivity index (χ3n) is 11.4. The Kier molecular flexibility index (Phi) is 12.6. The number of hydrogen-bond acceptors (Lipinski definition) is 8. The summed E-state index contributed by atoms with van der Waals surface area (Å²) in [5.74, 6) is -0.703. The predicted molar refractivity (Wildman–Crippen MR) is 225 cm³/mol. The van der Waals surface area contributed by atoms with Crippen LogP contribution in [0.15, 0.2) is 95.9 Å². The van der Waals surface area contributed by atoms with E-state index in [-0.39, 0.29) is 56.7 Å². The molecule has 10 heteroatoms. The van der Waals surface area contributed by atoms with Gasteiger partial charge in [-0.1, -0.05) is 132 Å². The van der Waals surface area contributed by atoms with Gasteiger partial charge >= 0.3 is 0 Å². The normalized spacial score (nSPS) is 29.5. The van der Waals surface area contributed by atoms with Gasteiger partial charge in [0.15, 0.2) is 14.1 Å². The number of thioether (sulfide) groups is 2. The average molecular weight is 795 g/mol. The monoisotopic (exact) mass is 794 g/mol. The van der Waals surface area contributed by atoms with Crippen molar-refractivity contribution in [2.45, 2.75) is 156 Å². The van der Waals surface area contributed by atoms with Gasteiger partial charge in [0.1, 0.15) is 23.1 Å². The Bertz CT molecular complexity index is 1570. The Balaban J connectivity index is 1.28. The lowest BCUT2D eigenvalue weighted by molar-refractivity contribution is -0.158. The zero-order chi connectivity index (χ0) is 38.2. The van der Waals surface area contributed by atoms with Crippen LogP contribution >= 0.6 is 23.5 Å². The molecule has 0 bridgehead atoms. The number of rotatable bonds is 11. The standard InChI is InChI=1S/C43H62O6S2Si2/c1-30-40(35(49-52(10,11)41(2,3)4)28-37(45-30)50-31-21-15-12-16-22-31)51-38-27-34-39(48-43(8,9)47-34)36(46-38)29-44-53(42(5,6)7,32-23-17-13-18-24-32)33-25-19-14-20-26-33/h12-26,30,34-40H,27-29H2,1-11H3/t30?,34-,35-,36?,37-,38-,39-,40-/m1/s1. The number of benzene rings is 3. The first-order valence-electron chi connectivity index (χ1n) is 19.4. The van der Waals surface area contributed by atoms with Gasteiger partial charge < -0.3 is 27.8 Å². The van der Waals surface area contributed by atoms with Gasteiger partial charge in [0.25, 0.3) is 8.32 Å². The lowest BCUT2D eigenvalue weighted by Gasteiger charge is -2.48. The van der Waals surface area contributed by atoms with Crippen LogP contribution in [0.4, 0.5) is 0 Å². The maximum absolute atomic E-state index is 7.46. The Morgan fingerprint density at radius 2 is 1.30 bits per heavy atom. The molecule has 3 fully saturated rings. The molecule has 53 heavy (non-hydrogen) atoms. The molecule has 0 radical (unpaired) electrons. The van der Waals surface area contributed by atoms with Gasteiger partial charge in [-0.05, 0) is 66.4 Å². The molecule has 3 aromatic rings. The summed E-state index contributed by atoms with van der Waals surface area (Å²) >= 11 is 3.66. The van der Waals surface area contributed by atoms with Crippen LogP contribution < -0.4 is 10.4 Å². The second kappa shape index (κ2) is 16.2. The Hall–Kier alpha value is -1.45. The average Bonchev–Trinajstić information content (AvgIpc) is 3.40. The fraction of sp³-hybridized carbons (Fsp3) is 0.581. The van der Waals surface area contributed by atoms with E-state index in [1.807, 2.05) is 25.6 Å².